The highest BCUT2D eigenvalue weighted by Crippen LogP contribution is 2.20. The molecule has 0 fully saturated rings. The molecule has 0 atom stereocenters. The molecule has 4 aromatic rings. The van der Waals surface area contributed by atoms with Crippen molar-refractivity contribution in [2.24, 2.45) is 0 Å². The van der Waals surface area contributed by atoms with E-state index in [2.05, 4.69) is 31.7 Å². The normalized spacial score (nSPS) is 10.9. The smallest absolute Gasteiger partial charge is 0.255 e. The molecule has 166 valence electrons. The number of nitrogens with one attached hydrogen (secondary N) is 2. The molecule has 1 amide bonds. The van der Waals surface area contributed by atoms with Gasteiger partial charge < -0.3 is 16.4 Å². The summed E-state index contributed by atoms with van der Waals surface area (Å²) in [5.41, 5.74) is 9.76. The van der Waals surface area contributed by atoms with Gasteiger partial charge >= 0.3 is 0 Å². The number of nitrogens with zero attached hydrogens (tertiary/aromatic N) is 4. The Hall–Kier alpha value is -5.03. The van der Waals surface area contributed by atoms with Crippen molar-refractivity contribution >= 4 is 40.8 Å². The molecule has 4 rings (SSSR count). The fraction of sp³-hybridized carbons (Fsp3) is 0.0385. The van der Waals surface area contributed by atoms with Crippen LogP contribution >= 0.6 is 0 Å². The van der Waals surface area contributed by atoms with Crippen molar-refractivity contribution in [2.75, 3.05) is 16.4 Å². The number of aryl methyl sites for hydroxylation is 1. The highest BCUT2D eigenvalue weighted by atomic mass is 16.1. The van der Waals surface area contributed by atoms with Crippen LogP contribution < -0.4 is 16.4 Å². The number of para-hydroxylation sites is 1. The van der Waals surface area contributed by atoms with Crippen LogP contribution in [0.1, 0.15) is 27.3 Å². The lowest BCUT2D eigenvalue weighted by Gasteiger charge is -2.08. The minimum absolute atomic E-state index is 0.0105. The van der Waals surface area contributed by atoms with Crippen LogP contribution in [0.3, 0.4) is 0 Å². The van der Waals surface area contributed by atoms with E-state index >= 15 is 0 Å². The summed E-state index contributed by atoms with van der Waals surface area (Å²) >= 11 is 0. The molecular formula is C26H21N7O. The van der Waals surface area contributed by atoms with Crippen LogP contribution in [-0.2, 0) is 0 Å². The van der Waals surface area contributed by atoms with Gasteiger partial charge in [0, 0.05) is 16.9 Å². The van der Waals surface area contributed by atoms with Gasteiger partial charge in [0.25, 0.3) is 5.91 Å². The lowest BCUT2D eigenvalue weighted by Crippen LogP contribution is -2.11. The average molecular weight is 448 g/mol. The Bertz CT molecular complexity index is 1390. The predicted octanol–water partition coefficient (Wildman–Crippen LogP) is 4.82. The molecule has 34 heavy (non-hydrogen) atoms. The molecule has 8 nitrogen and oxygen atoms in total. The molecule has 4 N–H and O–H groups in total. The molecule has 3 aromatic carbocycles. The molecule has 0 saturated carbocycles. The fourth-order valence-electron chi connectivity index (χ4n) is 3.15. The van der Waals surface area contributed by atoms with E-state index in [0.717, 1.165) is 11.3 Å². The number of amides is 1. The summed E-state index contributed by atoms with van der Waals surface area (Å²) in [6.07, 6.45) is 1.63. The highest BCUT2D eigenvalue weighted by molar-refractivity contribution is 6.04. The molecule has 0 radical (unpaired) electrons. The van der Waals surface area contributed by atoms with Crippen LogP contribution in [0, 0.1) is 18.3 Å². The van der Waals surface area contributed by atoms with E-state index in [1.165, 1.54) is 0 Å². The van der Waals surface area contributed by atoms with Crippen molar-refractivity contribution in [3.8, 4) is 6.07 Å². The average Bonchev–Trinajstić information content (AvgIpc) is 2.83. The number of nitriles is 1. The number of allylic oxidation sites excluding steroid dienone is 1. The molecule has 0 aliphatic carbocycles. The zero-order valence-electron chi connectivity index (χ0n) is 18.4. The first kappa shape index (κ1) is 22.2. The van der Waals surface area contributed by atoms with Gasteiger partial charge in [-0.15, -0.1) is 0 Å². The van der Waals surface area contributed by atoms with E-state index in [4.69, 9.17) is 5.73 Å². The number of carbonyl (C=O) groups is 1. The van der Waals surface area contributed by atoms with E-state index in [-0.39, 0.29) is 29.2 Å². The molecule has 1 heterocycles. The second-order valence-electron chi connectivity index (χ2n) is 7.45. The van der Waals surface area contributed by atoms with Crippen molar-refractivity contribution in [3.63, 3.8) is 0 Å². The summed E-state index contributed by atoms with van der Waals surface area (Å²) in [7, 11) is 0. The Morgan fingerprint density at radius 1 is 0.941 bits per heavy atom. The van der Waals surface area contributed by atoms with Crippen LogP contribution in [-0.4, -0.2) is 20.9 Å². The second-order valence-corrected chi connectivity index (χ2v) is 7.45. The third-order valence-corrected chi connectivity index (χ3v) is 4.81. The van der Waals surface area contributed by atoms with E-state index < -0.39 is 0 Å². The Morgan fingerprint density at radius 3 is 2.41 bits per heavy atom. The third-order valence-electron chi connectivity index (χ3n) is 4.81. The maximum atomic E-state index is 12.5. The zero-order valence-corrected chi connectivity index (χ0v) is 18.4. The molecular weight excluding hydrogens is 426 g/mol. The molecule has 0 spiro atoms. The summed E-state index contributed by atoms with van der Waals surface area (Å²) in [5, 5.41) is 15.7. The summed E-state index contributed by atoms with van der Waals surface area (Å²) < 4.78 is 0. The first-order valence-electron chi connectivity index (χ1n) is 10.4. The SMILES string of the molecule is Cc1ccc(C(=O)Nc2cccc(/C=C(\C#N)c3nc(N)nc(Nc4ccccc4)n3)c2)cc1. The Kier molecular flexibility index (Phi) is 6.56. The van der Waals surface area contributed by atoms with Crippen LogP contribution in [0.2, 0.25) is 0 Å². The number of hydrogen-bond acceptors (Lipinski definition) is 7. The first-order chi connectivity index (χ1) is 16.5. The van der Waals surface area contributed by atoms with Crippen molar-refractivity contribution in [1.82, 2.24) is 15.0 Å². The molecule has 1 aromatic heterocycles. The van der Waals surface area contributed by atoms with E-state index in [9.17, 15) is 10.1 Å². The number of nitrogen functional groups attached to an aromatic ring is 1. The number of carbonyl (C=O) groups excluding carboxylic acids is 1. The van der Waals surface area contributed by atoms with Crippen molar-refractivity contribution in [2.45, 2.75) is 6.92 Å². The summed E-state index contributed by atoms with van der Waals surface area (Å²) in [6, 6.07) is 25.9. The zero-order chi connectivity index (χ0) is 23.9. The number of aromatic nitrogens is 3. The first-order valence-corrected chi connectivity index (χ1v) is 10.4. The number of anilines is 4. The summed E-state index contributed by atoms with van der Waals surface area (Å²) in [4.78, 5) is 25.1. The van der Waals surface area contributed by atoms with E-state index in [1.807, 2.05) is 55.5 Å². The largest absolute Gasteiger partial charge is 0.368 e. The number of nitrogens with two attached hydrogens (primary N) is 1. The minimum atomic E-state index is -0.219. The quantitative estimate of drug-likeness (QED) is 0.361. The van der Waals surface area contributed by atoms with Gasteiger partial charge in [-0.2, -0.15) is 20.2 Å². The van der Waals surface area contributed by atoms with Crippen LogP contribution in [0.25, 0.3) is 11.6 Å². The number of hydrogen-bond donors (Lipinski definition) is 3. The minimum Gasteiger partial charge on any atom is -0.368 e. The lowest BCUT2D eigenvalue weighted by molar-refractivity contribution is 0.102. The van der Waals surface area contributed by atoms with Crippen molar-refractivity contribution < 1.29 is 4.79 Å². The maximum Gasteiger partial charge on any atom is 0.255 e. The fourth-order valence-corrected chi connectivity index (χ4v) is 3.15. The van der Waals surface area contributed by atoms with Crippen molar-refractivity contribution in [3.05, 3.63) is 101 Å². The van der Waals surface area contributed by atoms with Gasteiger partial charge in [0.2, 0.25) is 11.9 Å². The van der Waals surface area contributed by atoms with Gasteiger partial charge in [0.15, 0.2) is 5.82 Å². The number of rotatable bonds is 6. The Labute approximate surface area is 196 Å². The van der Waals surface area contributed by atoms with Gasteiger partial charge in [-0.3, -0.25) is 4.79 Å². The van der Waals surface area contributed by atoms with Crippen molar-refractivity contribution in [1.29, 1.82) is 5.26 Å². The Morgan fingerprint density at radius 2 is 1.68 bits per heavy atom. The molecule has 0 unspecified atom stereocenters. The van der Waals surface area contributed by atoms with Crippen LogP contribution in [0.5, 0.6) is 0 Å². The maximum absolute atomic E-state index is 12.5. The summed E-state index contributed by atoms with van der Waals surface area (Å²) in [5.74, 6) is 0.142. The van der Waals surface area contributed by atoms with Gasteiger partial charge in [-0.1, -0.05) is 48.0 Å². The highest BCUT2D eigenvalue weighted by Gasteiger charge is 2.11. The molecule has 0 saturated heterocycles. The predicted molar refractivity (Wildman–Crippen MR) is 133 cm³/mol. The summed E-state index contributed by atoms with van der Waals surface area (Å²) in [6.45, 7) is 1.96. The van der Waals surface area contributed by atoms with Gasteiger partial charge in [-0.25, -0.2) is 0 Å². The topological polar surface area (TPSA) is 130 Å². The molecule has 8 heteroatoms. The third kappa shape index (κ3) is 5.60. The Balaban J connectivity index is 1.57. The molecule has 0 aliphatic rings. The van der Waals surface area contributed by atoms with E-state index in [1.54, 1.807) is 36.4 Å². The monoisotopic (exact) mass is 447 g/mol. The van der Waals surface area contributed by atoms with Gasteiger partial charge in [0.05, 0.1) is 5.57 Å². The van der Waals surface area contributed by atoms with Gasteiger partial charge in [0.1, 0.15) is 6.07 Å². The number of benzene rings is 3. The molecule has 0 bridgehead atoms. The molecule has 0 aliphatic heterocycles. The second kappa shape index (κ2) is 10.1. The van der Waals surface area contributed by atoms with Crippen LogP contribution in [0.4, 0.5) is 23.3 Å². The lowest BCUT2D eigenvalue weighted by atomic mass is 10.1. The standard InChI is InChI=1S/C26H21N7O/c1-17-10-12-19(13-11-17)24(34)29-22-9-5-6-18(15-22)14-20(16-27)23-31-25(28)33-26(32-23)30-21-7-3-2-4-8-21/h2-15H,1H3,(H,29,34)(H3,28,30,31,32,33)/b20-14+. The van der Waals surface area contributed by atoms with E-state index in [0.29, 0.717) is 16.8 Å². The van der Waals surface area contributed by atoms with Gasteiger partial charge in [-0.05, 0) is 55.0 Å². The van der Waals surface area contributed by atoms with Crippen LogP contribution in [0.15, 0.2) is 78.9 Å².